The number of anilines is 1. The number of aryl methyl sites for hydroxylation is 1. The molecule has 2 atom stereocenters. The number of carbonyl (C=O) groups is 1. The number of nitrogens with one attached hydrogen (secondary N) is 1. The third kappa shape index (κ3) is 3.00. The molecule has 7 heteroatoms. The third-order valence-electron chi connectivity index (χ3n) is 5.25. The van der Waals surface area contributed by atoms with Crippen molar-refractivity contribution in [3.63, 3.8) is 0 Å². The first-order chi connectivity index (χ1) is 12.6. The predicted octanol–water partition coefficient (Wildman–Crippen LogP) is 2.40. The van der Waals surface area contributed by atoms with Gasteiger partial charge in [-0.05, 0) is 37.1 Å². The molecule has 4 rings (SSSR count). The van der Waals surface area contributed by atoms with Crippen molar-refractivity contribution in [2.24, 2.45) is 7.05 Å². The molecule has 0 radical (unpaired) electrons. The van der Waals surface area contributed by atoms with Crippen molar-refractivity contribution in [1.82, 2.24) is 25.1 Å². The zero-order valence-electron chi connectivity index (χ0n) is 14.7. The van der Waals surface area contributed by atoms with Crippen molar-refractivity contribution in [2.45, 2.75) is 37.6 Å². The lowest BCUT2D eigenvalue weighted by Crippen LogP contribution is -2.41. The number of fused-ring (bicyclic) bond motifs is 1. The van der Waals surface area contributed by atoms with Gasteiger partial charge in [0.1, 0.15) is 12.1 Å². The van der Waals surface area contributed by atoms with Gasteiger partial charge < -0.3 is 11.1 Å². The fourth-order valence-electron chi connectivity index (χ4n) is 3.88. The van der Waals surface area contributed by atoms with E-state index in [4.69, 9.17) is 5.73 Å². The number of amides is 1. The minimum atomic E-state index is -0.0804. The third-order valence-corrected chi connectivity index (χ3v) is 5.25. The van der Waals surface area contributed by atoms with Gasteiger partial charge in [0.25, 0.3) is 5.91 Å². The summed E-state index contributed by atoms with van der Waals surface area (Å²) in [6.07, 6.45) is 7.57. The van der Waals surface area contributed by atoms with Gasteiger partial charge in [0.05, 0.1) is 5.52 Å². The summed E-state index contributed by atoms with van der Waals surface area (Å²) < 4.78 is 1.91. The van der Waals surface area contributed by atoms with Gasteiger partial charge in [0.15, 0.2) is 0 Å². The smallest absolute Gasteiger partial charge is 0.251 e. The average Bonchev–Trinajstić information content (AvgIpc) is 3.08. The van der Waals surface area contributed by atoms with Crippen LogP contribution in [0.3, 0.4) is 0 Å². The lowest BCUT2D eigenvalue weighted by atomic mass is 9.82. The number of hydrogen-bond donors (Lipinski definition) is 2. The highest BCUT2D eigenvalue weighted by atomic mass is 16.1. The van der Waals surface area contributed by atoms with Crippen molar-refractivity contribution in [3.05, 3.63) is 48.0 Å². The van der Waals surface area contributed by atoms with Crippen molar-refractivity contribution in [2.75, 3.05) is 5.73 Å². The van der Waals surface area contributed by atoms with E-state index in [1.54, 1.807) is 18.2 Å². The highest BCUT2D eigenvalue weighted by Gasteiger charge is 2.29. The summed E-state index contributed by atoms with van der Waals surface area (Å²) in [5.41, 5.74) is 8.30. The Kier molecular flexibility index (Phi) is 4.28. The van der Waals surface area contributed by atoms with E-state index in [0.29, 0.717) is 22.8 Å². The van der Waals surface area contributed by atoms with Gasteiger partial charge in [-0.15, -0.1) is 0 Å². The summed E-state index contributed by atoms with van der Waals surface area (Å²) in [6.45, 7) is 0. The van der Waals surface area contributed by atoms with E-state index in [1.165, 1.54) is 18.4 Å². The molecule has 134 valence electrons. The molecule has 7 nitrogen and oxygen atoms in total. The maximum atomic E-state index is 12.8. The number of nitrogens with two attached hydrogens (primary N) is 1. The Morgan fingerprint density at radius 3 is 2.88 bits per heavy atom. The highest BCUT2D eigenvalue weighted by molar-refractivity contribution is 5.99. The SMILES string of the molecule is Cn1nccc1[C@@H]1CCCC[C@@H]1NC(=O)c1ccc2c(N)ncnc2c1. The van der Waals surface area contributed by atoms with Crippen LogP contribution >= 0.6 is 0 Å². The van der Waals surface area contributed by atoms with Gasteiger partial charge >= 0.3 is 0 Å². The molecule has 0 spiro atoms. The first kappa shape index (κ1) is 16.5. The van der Waals surface area contributed by atoms with Crippen molar-refractivity contribution >= 4 is 22.6 Å². The maximum absolute atomic E-state index is 12.8. The van der Waals surface area contributed by atoms with Crippen LogP contribution in [0.1, 0.15) is 47.7 Å². The molecule has 1 aliphatic rings. The Balaban J connectivity index is 1.57. The van der Waals surface area contributed by atoms with Crippen LogP contribution < -0.4 is 11.1 Å². The molecular formula is C19H22N6O. The normalized spacial score (nSPS) is 20.2. The molecule has 1 amide bonds. The molecular weight excluding hydrogens is 328 g/mol. The Hall–Kier alpha value is -2.96. The van der Waals surface area contributed by atoms with Crippen molar-refractivity contribution in [3.8, 4) is 0 Å². The van der Waals surface area contributed by atoms with E-state index in [0.717, 1.165) is 24.6 Å². The molecule has 2 heterocycles. The largest absolute Gasteiger partial charge is 0.383 e. The van der Waals surface area contributed by atoms with Gasteiger partial charge in [-0.3, -0.25) is 9.48 Å². The molecule has 0 saturated heterocycles. The van der Waals surface area contributed by atoms with E-state index < -0.39 is 0 Å². The Bertz CT molecular complexity index is 950. The summed E-state index contributed by atoms with van der Waals surface area (Å²) in [7, 11) is 1.95. The van der Waals surface area contributed by atoms with Gasteiger partial charge in [-0.2, -0.15) is 5.10 Å². The van der Waals surface area contributed by atoms with E-state index in [2.05, 4.69) is 20.4 Å². The molecule has 1 aromatic carbocycles. The van der Waals surface area contributed by atoms with Gasteiger partial charge in [0.2, 0.25) is 0 Å². The number of nitrogens with zero attached hydrogens (tertiary/aromatic N) is 4. The maximum Gasteiger partial charge on any atom is 0.251 e. The fraction of sp³-hybridized carbons (Fsp3) is 0.368. The van der Waals surface area contributed by atoms with Crippen LogP contribution in [0.25, 0.3) is 10.9 Å². The zero-order chi connectivity index (χ0) is 18.1. The van der Waals surface area contributed by atoms with Crippen LogP contribution in [0.5, 0.6) is 0 Å². The van der Waals surface area contributed by atoms with E-state index >= 15 is 0 Å². The highest BCUT2D eigenvalue weighted by Crippen LogP contribution is 2.33. The molecule has 3 aromatic rings. The quantitative estimate of drug-likeness (QED) is 0.756. The second-order valence-corrected chi connectivity index (χ2v) is 6.84. The summed E-state index contributed by atoms with van der Waals surface area (Å²) in [6, 6.07) is 7.51. The van der Waals surface area contributed by atoms with E-state index in [9.17, 15) is 4.79 Å². The van der Waals surface area contributed by atoms with Crippen LogP contribution in [-0.4, -0.2) is 31.7 Å². The molecule has 3 N–H and O–H groups in total. The first-order valence-corrected chi connectivity index (χ1v) is 8.92. The van der Waals surface area contributed by atoms with E-state index in [1.807, 2.05) is 24.0 Å². The lowest BCUT2D eigenvalue weighted by molar-refractivity contribution is 0.0919. The van der Waals surface area contributed by atoms with Crippen LogP contribution in [-0.2, 0) is 7.05 Å². The molecule has 2 aromatic heterocycles. The molecule has 0 aliphatic heterocycles. The predicted molar refractivity (Wildman–Crippen MR) is 99.6 cm³/mol. The number of nitrogen functional groups attached to an aromatic ring is 1. The minimum Gasteiger partial charge on any atom is -0.383 e. The van der Waals surface area contributed by atoms with Gasteiger partial charge in [0, 0.05) is 41.8 Å². The summed E-state index contributed by atoms with van der Waals surface area (Å²) in [5, 5.41) is 8.27. The van der Waals surface area contributed by atoms with Crippen molar-refractivity contribution < 1.29 is 4.79 Å². The second-order valence-electron chi connectivity index (χ2n) is 6.84. The molecule has 0 unspecified atom stereocenters. The average molecular weight is 350 g/mol. The van der Waals surface area contributed by atoms with Crippen molar-refractivity contribution in [1.29, 1.82) is 0 Å². The molecule has 0 bridgehead atoms. The van der Waals surface area contributed by atoms with Gasteiger partial charge in [-0.25, -0.2) is 9.97 Å². The molecule has 1 fully saturated rings. The standard InChI is InChI=1S/C19H22N6O/c1-25-17(8-9-23-25)13-4-2-3-5-15(13)24-19(26)12-6-7-14-16(10-12)21-11-22-18(14)20/h6-11,13,15H,2-5H2,1H3,(H,24,26)(H2,20,21,22)/t13-,15+/m1/s1. The van der Waals surface area contributed by atoms with Crippen LogP contribution in [0.15, 0.2) is 36.8 Å². The number of benzene rings is 1. The summed E-state index contributed by atoms with van der Waals surface area (Å²) in [5.74, 6) is 0.632. The molecule has 26 heavy (non-hydrogen) atoms. The molecule has 1 aliphatic carbocycles. The first-order valence-electron chi connectivity index (χ1n) is 8.92. The number of aromatic nitrogens is 4. The number of hydrogen-bond acceptors (Lipinski definition) is 5. The second kappa shape index (κ2) is 6.74. The monoisotopic (exact) mass is 350 g/mol. The minimum absolute atomic E-state index is 0.0804. The fourth-order valence-corrected chi connectivity index (χ4v) is 3.88. The Morgan fingerprint density at radius 2 is 2.08 bits per heavy atom. The summed E-state index contributed by atoms with van der Waals surface area (Å²) in [4.78, 5) is 21.0. The van der Waals surface area contributed by atoms with Gasteiger partial charge in [-0.1, -0.05) is 12.8 Å². The summed E-state index contributed by atoms with van der Waals surface area (Å²) >= 11 is 0. The van der Waals surface area contributed by atoms with Crippen LogP contribution in [0.4, 0.5) is 5.82 Å². The molecule has 1 saturated carbocycles. The topological polar surface area (TPSA) is 98.7 Å². The Labute approximate surface area is 151 Å². The number of carbonyl (C=O) groups excluding carboxylic acids is 1. The van der Waals surface area contributed by atoms with Crippen LogP contribution in [0.2, 0.25) is 0 Å². The lowest BCUT2D eigenvalue weighted by Gasteiger charge is -2.32. The number of rotatable bonds is 3. The Morgan fingerprint density at radius 1 is 1.23 bits per heavy atom. The van der Waals surface area contributed by atoms with E-state index in [-0.39, 0.29) is 11.9 Å². The van der Waals surface area contributed by atoms with Crippen LogP contribution in [0, 0.1) is 0 Å². The zero-order valence-corrected chi connectivity index (χ0v) is 14.7.